The van der Waals surface area contributed by atoms with Crippen LogP contribution in [0.15, 0.2) is 22.9 Å². The fraction of sp³-hybridized carbons (Fsp3) is 0.438. The average Bonchev–Trinajstić information content (AvgIpc) is 2.81. The van der Waals surface area contributed by atoms with Crippen LogP contribution in [0, 0.1) is 13.8 Å². The zero-order valence-electron chi connectivity index (χ0n) is 13.6. The van der Waals surface area contributed by atoms with Crippen LogP contribution in [0.3, 0.4) is 0 Å². The monoisotopic (exact) mass is 355 g/mol. The molecule has 0 atom stereocenters. The van der Waals surface area contributed by atoms with Gasteiger partial charge in [0, 0.05) is 11.8 Å². The summed E-state index contributed by atoms with van der Waals surface area (Å²) in [6, 6.07) is 2.12. The molecule has 1 aliphatic heterocycles. The van der Waals surface area contributed by atoms with Crippen LogP contribution in [0.4, 0.5) is 13.2 Å². The Bertz CT molecular complexity index is 763. The molecule has 3 heterocycles. The summed E-state index contributed by atoms with van der Waals surface area (Å²) in [5, 5.41) is 3.79. The summed E-state index contributed by atoms with van der Waals surface area (Å²) in [6.45, 7) is 3.91. The summed E-state index contributed by atoms with van der Waals surface area (Å²) in [5.74, 6) is -0.0217. The molecule has 2 aromatic heterocycles. The van der Waals surface area contributed by atoms with E-state index in [4.69, 9.17) is 9.26 Å². The molecule has 2 aromatic rings. The van der Waals surface area contributed by atoms with Crippen LogP contribution >= 0.6 is 0 Å². The second-order valence-electron chi connectivity index (χ2n) is 5.87. The number of ether oxygens (including phenoxy) is 1. The van der Waals surface area contributed by atoms with Crippen molar-refractivity contribution in [3.05, 3.63) is 40.9 Å². The first-order valence-electron chi connectivity index (χ1n) is 7.64. The number of alkyl halides is 3. The summed E-state index contributed by atoms with van der Waals surface area (Å²) in [5.41, 5.74) is 0.469. The quantitative estimate of drug-likeness (QED) is 0.843. The van der Waals surface area contributed by atoms with Gasteiger partial charge >= 0.3 is 6.18 Å². The van der Waals surface area contributed by atoms with E-state index in [-0.39, 0.29) is 25.4 Å². The lowest BCUT2D eigenvalue weighted by atomic mass is 10.1. The highest BCUT2D eigenvalue weighted by Crippen LogP contribution is 2.35. The molecule has 0 saturated carbocycles. The molecular weight excluding hydrogens is 339 g/mol. The first-order chi connectivity index (χ1) is 11.8. The van der Waals surface area contributed by atoms with Gasteiger partial charge in [-0.15, -0.1) is 0 Å². The van der Waals surface area contributed by atoms with Gasteiger partial charge in [-0.1, -0.05) is 5.16 Å². The molecule has 1 saturated heterocycles. The minimum absolute atomic E-state index is 0.144. The smallest absolute Gasteiger partial charge is 0.421 e. The molecule has 0 radical (unpaired) electrons. The third-order valence-corrected chi connectivity index (χ3v) is 4.06. The zero-order valence-corrected chi connectivity index (χ0v) is 13.6. The van der Waals surface area contributed by atoms with Crippen LogP contribution in [-0.4, -0.2) is 40.1 Å². The molecule has 9 heteroatoms. The Labute approximate surface area is 141 Å². The van der Waals surface area contributed by atoms with Gasteiger partial charge in [-0.25, -0.2) is 4.98 Å². The predicted octanol–water partition coefficient (Wildman–Crippen LogP) is 2.54. The van der Waals surface area contributed by atoms with Gasteiger partial charge in [0.25, 0.3) is 0 Å². The van der Waals surface area contributed by atoms with E-state index in [0.29, 0.717) is 11.5 Å². The minimum atomic E-state index is -4.54. The molecule has 1 amide bonds. The Morgan fingerprint density at radius 3 is 2.72 bits per heavy atom. The van der Waals surface area contributed by atoms with E-state index in [9.17, 15) is 18.0 Å². The maximum absolute atomic E-state index is 12.9. The Morgan fingerprint density at radius 1 is 1.40 bits per heavy atom. The Morgan fingerprint density at radius 2 is 2.12 bits per heavy atom. The molecule has 0 aliphatic carbocycles. The standard InChI is InChI=1S/C16H16F3N3O3/c1-9-12(10(2)25-21-9)6-14(23)22-7-11(8-22)24-15-13(16(17,18)19)4-3-5-20-15/h3-5,11H,6-8H2,1-2H3. The fourth-order valence-corrected chi connectivity index (χ4v) is 2.59. The lowest BCUT2D eigenvalue weighted by molar-refractivity contribution is -0.144. The van der Waals surface area contributed by atoms with E-state index in [0.717, 1.165) is 11.6 Å². The van der Waals surface area contributed by atoms with Crippen molar-refractivity contribution in [2.24, 2.45) is 0 Å². The van der Waals surface area contributed by atoms with E-state index in [2.05, 4.69) is 10.1 Å². The van der Waals surface area contributed by atoms with Crippen LogP contribution in [0.1, 0.15) is 22.6 Å². The highest BCUT2D eigenvalue weighted by Gasteiger charge is 2.38. The molecule has 0 spiro atoms. The van der Waals surface area contributed by atoms with Crippen molar-refractivity contribution in [3.8, 4) is 5.88 Å². The number of hydrogen-bond acceptors (Lipinski definition) is 5. The first kappa shape index (κ1) is 17.2. The number of hydrogen-bond donors (Lipinski definition) is 0. The lowest BCUT2D eigenvalue weighted by Crippen LogP contribution is -2.56. The van der Waals surface area contributed by atoms with E-state index in [1.807, 2.05) is 0 Å². The summed E-state index contributed by atoms with van der Waals surface area (Å²) in [6.07, 6.45) is -3.66. The fourth-order valence-electron chi connectivity index (χ4n) is 2.59. The summed E-state index contributed by atoms with van der Waals surface area (Å²) < 4.78 is 49.1. The van der Waals surface area contributed by atoms with Crippen molar-refractivity contribution < 1.29 is 27.2 Å². The second-order valence-corrected chi connectivity index (χ2v) is 5.87. The largest absolute Gasteiger partial charge is 0.470 e. The van der Waals surface area contributed by atoms with Crippen LogP contribution in [0.25, 0.3) is 0 Å². The molecule has 134 valence electrons. The average molecular weight is 355 g/mol. The molecule has 0 unspecified atom stereocenters. The number of rotatable bonds is 4. The number of aryl methyl sites for hydroxylation is 2. The van der Waals surface area contributed by atoms with E-state index >= 15 is 0 Å². The number of likely N-dealkylation sites (tertiary alicyclic amines) is 1. The van der Waals surface area contributed by atoms with Gasteiger partial charge in [-0.05, 0) is 26.0 Å². The Balaban J connectivity index is 1.58. The SMILES string of the molecule is Cc1noc(C)c1CC(=O)N1CC(Oc2ncccc2C(F)(F)F)C1. The summed E-state index contributed by atoms with van der Waals surface area (Å²) >= 11 is 0. The van der Waals surface area contributed by atoms with Gasteiger partial charge in [-0.2, -0.15) is 13.2 Å². The molecule has 0 N–H and O–H groups in total. The van der Waals surface area contributed by atoms with Gasteiger partial charge in [0.2, 0.25) is 11.8 Å². The molecule has 1 fully saturated rings. The number of nitrogens with zero attached hydrogens (tertiary/aromatic N) is 3. The summed E-state index contributed by atoms with van der Waals surface area (Å²) in [4.78, 5) is 17.4. The van der Waals surface area contributed by atoms with Crippen molar-refractivity contribution in [2.75, 3.05) is 13.1 Å². The van der Waals surface area contributed by atoms with Crippen LogP contribution in [0.5, 0.6) is 5.88 Å². The highest BCUT2D eigenvalue weighted by atomic mass is 19.4. The zero-order chi connectivity index (χ0) is 18.2. The number of carbonyl (C=O) groups is 1. The Hall–Kier alpha value is -2.58. The first-order valence-corrected chi connectivity index (χ1v) is 7.64. The third kappa shape index (κ3) is 3.59. The molecule has 0 aromatic carbocycles. The molecule has 6 nitrogen and oxygen atoms in total. The molecule has 25 heavy (non-hydrogen) atoms. The van der Waals surface area contributed by atoms with Crippen molar-refractivity contribution in [2.45, 2.75) is 32.5 Å². The van der Waals surface area contributed by atoms with Crippen LogP contribution in [-0.2, 0) is 17.4 Å². The predicted molar refractivity (Wildman–Crippen MR) is 79.9 cm³/mol. The normalized spacial score (nSPS) is 15.2. The van der Waals surface area contributed by atoms with Gasteiger partial charge < -0.3 is 14.2 Å². The van der Waals surface area contributed by atoms with Gasteiger partial charge in [0.15, 0.2) is 0 Å². The third-order valence-electron chi connectivity index (χ3n) is 4.06. The summed E-state index contributed by atoms with van der Waals surface area (Å²) in [7, 11) is 0. The Kier molecular flexibility index (Phi) is 4.40. The van der Waals surface area contributed by atoms with Crippen molar-refractivity contribution in [1.82, 2.24) is 15.0 Å². The molecule has 1 aliphatic rings. The van der Waals surface area contributed by atoms with Crippen molar-refractivity contribution in [3.63, 3.8) is 0 Å². The molecule has 0 bridgehead atoms. The van der Waals surface area contributed by atoms with E-state index < -0.39 is 23.7 Å². The molecular formula is C16H16F3N3O3. The number of pyridine rings is 1. The van der Waals surface area contributed by atoms with E-state index in [1.165, 1.54) is 17.2 Å². The van der Waals surface area contributed by atoms with Crippen molar-refractivity contribution >= 4 is 5.91 Å². The van der Waals surface area contributed by atoms with Crippen molar-refractivity contribution in [1.29, 1.82) is 0 Å². The maximum atomic E-state index is 12.9. The molecule has 3 rings (SSSR count). The number of amides is 1. The van der Waals surface area contributed by atoms with E-state index in [1.54, 1.807) is 13.8 Å². The maximum Gasteiger partial charge on any atom is 0.421 e. The highest BCUT2D eigenvalue weighted by molar-refractivity contribution is 5.80. The van der Waals surface area contributed by atoms with Crippen LogP contribution in [0.2, 0.25) is 0 Å². The van der Waals surface area contributed by atoms with Gasteiger partial charge in [0.1, 0.15) is 17.4 Å². The van der Waals surface area contributed by atoms with Crippen LogP contribution < -0.4 is 4.74 Å². The number of aromatic nitrogens is 2. The van der Waals surface area contributed by atoms with Gasteiger partial charge in [0.05, 0.1) is 25.2 Å². The number of halogens is 3. The van der Waals surface area contributed by atoms with Gasteiger partial charge in [-0.3, -0.25) is 4.79 Å². The second kappa shape index (κ2) is 6.38. The number of carbonyl (C=O) groups excluding carboxylic acids is 1. The minimum Gasteiger partial charge on any atom is -0.470 e. The topological polar surface area (TPSA) is 68.5 Å². The lowest BCUT2D eigenvalue weighted by Gasteiger charge is -2.39.